The number of amidine groups is 1. The van der Waals surface area contributed by atoms with Gasteiger partial charge in [0.25, 0.3) is 0 Å². The largest absolute Gasteiger partial charge is 0.481 e. The number of aliphatic imine (C=N–C) groups is 2. The van der Waals surface area contributed by atoms with E-state index in [-0.39, 0.29) is 0 Å². The predicted octanol–water partition coefficient (Wildman–Crippen LogP) is 3.08. The third-order valence-electron chi connectivity index (χ3n) is 3.92. The van der Waals surface area contributed by atoms with Crippen LogP contribution in [0.3, 0.4) is 0 Å². The fourth-order valence-corrected chi connectivity index (χ4v) is 2.85. The van der Waals surface area contributed by atoms with Gasteiger partial charge in [-0.2, -0.15) is 4.98 Å². The van der Waals surface area contributed by atoms with Crippen LogP contribution in [0.2, 0.25) is 5.02 Å². The van der Waals surface area contributed by atoms with Crippen LogP contribution in [0.5, 0.6) is 5.88 Å². The second kappa shape index (κ2) is 8.05. The van der Waals surface area contributed by atoms with Crippen LogP contribution in [-0.4, -0.2) is 41.2 Å². The number of hydrogen-bond donors (Lipinski definition) is 0. The van der Waals surface area contributed by atoms with E-state index in [2.05, 4.69) is 36.6 Å². The van der Waals surface area contributed by atoms with Crippen molar-refractivity contribution in [2.24, 2.45) is 9.98 Å². The van der Waals surface area contributed by atoms with E-state index >= 15 is 0 Å². The molecule has 0 radical (unpaired) electrons. The Morgan fingerprint density at radius 2 is 2.23 bits per heavy atom. The lowest BCUT2D eigenvalue weighted by Crippen LogP contribution is -2.32. The van der Waals surface area contributed by atoms with Crippen molar-refractivity contribution in [3.05, 3.63) is 52.7 Å². The lowest BCUT2D eigenvalue weighted by molar-refractivity contribution is 0.397. The molecule has 26 heavy (non-hydrogen) atoms. The molecular formula is C18H19ClN6O. The minimum Gasteiger partial charge on any atom is -0.481 e. The first-order chi connectivity index (χ1) is 12.6. The molecule has 0 saturated heterocycles. The number of pyridine rings is 1. The second-order valence-electron chi connectivity index (χ2n) is 5.62. The molecule has 0 aromatic carbocycles. The predicted molar refractivity (Wildman–Crippen MR) is 103 cm³/mol. The number of hydrogen-bond acceptors (Lipinski definition) is 6. The average molecular weight is 371 g/mol. The van der Waals surface area contributed by atoms with Crippen LogP contribution in [0, 0.1) is 0 Å². The molecule has 8 heteroatoms. The van der Waals surface area contributed by atoms with Gasteiger partial charge < -0.3 is 9.64 Å². The van der Waals surface area contributed by atoms with E-state index in [1.807, 2.05) is 25.3 Å². The molecule has 0 spiro atoms. The van der Waals surface area contributed by atoms with Gasteiger partial charge in [0.1, 0.15) is 5.82 Å². The number of allylic oxidation sites excluding steroid dienone is 1. The van der Waals surface area contributed by atoms with Crippen molar-refractivity contribution in [3.8, 4) is 5.88 Å². The van der Waals surface area contributed by atoms with Gasteiger partial charge in [-0.15, -0.1) is 0 Å². The molecule has 7 nitrogen and oxygen atoms in total. The average Bonchev–Trinajstić information content (AvgIpc) is 2.67. The van der Waals surface area contributed by atoms with E-state index in [4.69, 9.17) is 16.3 Å². The maximum Gasteiger partial charge on any atom is 0.216 e. The topological polar surface area (TPSA) is 75.9 Å². The van der Waals surface area contributed by atoms with Gasteiger partial charge in [0, 0.05) is 48.6 Å². The summed E-state index contributed by atoms with van der Waals surface area (Å²) in [5.74, 6) is 2.15. The SMILES string of the molecule is C=NC(=N/C=C\C)c1ncc2c(n1)CCN(c1cc(Cl)cc(OC)n1)C2. The van der Waals surface area contributed by atoms with E-state index in [1.165, 1.54) is 0 Å². The molecule has 0 bridgehead atoms. The Morgan fingerprint density at radius 3 is 2.96 bits per heavy atom. The normalized spacial score (nSPS) is 14.4. The van der Waals surface area contributed by atoms with Crippen molar-refractivity contribution in [2.45, 2.75) is 19.9 Å². The lowest BCUT2D eigenvalue weighted by Gasteiger charge is -2.29. The van der Waals surface area contributed by atoms with Crippen LogP contribution in [0.4, 0.5) is 5.82 Å². The number of anilines is 1. The van der Waals surface area contributed by atoms with Gasteiger partial charge in [0.15, 0.2) is 11.7 Å². The molecule has 3 heterocycles. The highest BCUT2D eigenvalue weighted by atomic mass is 35.5. The quantitative estimate of drug-likeness (QED) is 0.610. The molecule has 0 atom stereocenters. The number of halogens is 1. The summed E-state index contributed by atoms with van der Waals surface area (Å²) >= 11 is 6.16. The number of aromatic nitrogens is 3. The molecule has 1 aliphatic rings. The Hall–Kier alpha value is -2.80. The Bertz CT molecular complexity index is 880. The molecule has 0 amide bonds. The van der Waals surface area contributed by atoms with E-state index < -0.39 is 0 Å². The molecule has 0 saturated carbocycles. The van der Waals surface area contributed by atoms with Crippen molar-refractivity contribution in [1.82, 2.24) is 15.0 Å². The van der Waals surface area contributed by atoms with Gasteiger partial charge in [-0.3, -0.25) is 0 Å². The van der Waals surface area contributed by atoms with E-state index in [0.29, 0.717) is 29.1 Å². The molecular weight excluding hydrogens is 352 g/mol. The first-order valence-electron chi connectivity index (χ1n) is 8.12. The first kappa shape index (κ1) is 18.0. The maximum atomic E-state index is 6.16. The molecule has 2 aromatic heterocycles. The highest BCUT2D eigenvalue weighted by Crippen LogP contribution is 2.27. The maximum absolute atomic E-state index is 6.16. The molecule has 1 aliphatic heterocycles. The molecule has 3 rings (SSSR count). The summed E-state index contributed by atoms with van der Waals surface area (Å²) in [4.78, 5) is 23.7. The minimum atomic E-state index is 0.412. The zero-order chi connectivity index (χ0) is 18.5. The molecule has 0 fully saturated rings. The smallest absolute Gasteiger partial charge is 0.216 e. The summed E-state index contributed by atoms with van der Waals surface area (Å²) in [7, 11) is 1.57. The van der Waals surface area contributed by atoms with Crippen LogP contribution >= 0.6 is 11.6 Å². The first-order valence-corrected chi connectivity index (χ1v) is 8.49. The van der Waals surface area contributed by atoms with Gasteiger partial charge in [-0.05, 0) is 19.7 Å². The van der Waals surface area contributed by atoms with Gasteiger partial charge in [-0.1, -0.05) is 17.7 Å². The van der Waals surface area contributed by atoms with E-state index in [9.17, 15) is 0 Å². The van der Waals surface area contributed by atoms with Crippen molar-refractivity contribution in [1.29, 1.82) is 0 Å². The van der Waals surface area contributed by atoms with Crippen LogP contribution in [0.1, 0.15) is 24.0 Å². The summed E-state index contributed by atoms with van der Waals surface area (Å²) in [5, 5.41) is 0.589. The highest BCUT2D eigenvalue weighted by molar-refractivity contribution is 6.30. The van der Waals surface area contributed by atoms with Crippen LogP contribution in [0.15, 0.2) is 40.6 Å². The summed E-state index contributed by atoms with van der Waals surface area (Å²) in [6.45, 7) is 6.84. The molecule has 0 unspecified atom stereocenters. The second-order valence-corrected chi connectivity index (χ2v) is 6.05. The lowest BCUT2D eigenvalue weighted by atomic mass is 10.1. The van der Waals surface area contributed by atoms with Crippen molar-refractivity contribution in [2.75, 3.05) is 18.6 Å². The fourth-order valence-electron chi connectivity index (χ4n) is 2.66. The van der Waals surface area contributed by atoms with Gasteiger partial charge >= 0.3 is 0 Å². The molecule has 0 N–H and O–H groups in total. The van der Waals surface area contributed by atoms with E-state index in [1.54, 1.807) is 19.4 Å². The standard InChI is InChI=1S/C18H19ClN6O/c1-4-6-21-17(20-2)18-22-10-12-11-25(7-5-14(12)23-18)15-8-13(19)9-16(24-15)26-3/h4,6,8-10H,2,5,7,11H2,1,3H3/b6-4-,21-17?. The van der Waals surface area contributed by atoms with Crippen LogP contribution in [0.25, 0.3) is 0 Å². The Morgan fingerprint density at radius 1 is 1.38 bits per heavy atom. The Kier molecular flexibility index (Phi) is 5.58. The Labute approximate surface area is 157 Å². The summed E-state index contributed by atoms with van der Waals surface area (Å²) in [5.41, 5.74) is 2.02. The van der Waals surface area contributed by atoms with Crippen molar-refractivity contribution < 1.29 is 4.74 Å². The van der Waals surface area contributed by atoms with Crippen LogP contribution in [-0.2, 0) is 13.0 Å². The fraction of sp³-hybridized carbons (Fsp3) is 0.278. The third-order valence-corrected chi connectivity index (χ3v) is 4.13. The summed E-state index contributed by atoms with van der Waals surface area (Å²) in [6.07, 6.45) is 6.03. The monoisotopic (exact) mass is 370 g/mol. The molecule has 134 valence electrons. The Balaban J connectivity index is 1.86. The molecule has 0 aliphatic carbocycles. The minimum absolute atomic E-state index is 0.412. The van der Waals surface area contributed by atoms with Gasteiger partial charge in [-0.25, -0.2) is 20.0 Å². The van der Waals surface area contributed by atoms with Crippen LogP contribution < -0.4 is 9.64 Å². The molecule has 2 aromatic rings. The van der Waals surface area contributed by atoms with Crippen molar-refractivity contribution >= 4 is 30.0 Å². The van der Waals surface area contributed by atoms with Gasteiger partial charge in [0.05, 0.1) is 12.8 Å². The summed E-state index contributed by atoms with van der Waals surface area (Å²) < 4.78 is 5.20. The number of ether oxygens (including phenoxy) is 1. The highest BCUT2D eigenvalue weighted by Gasteiger charge is 2.21. The number of nitrogens with zero attached hydrogens (tertiary/aromatic N) is 6. The van der Waals surface area contributed by atoms with E-state index in [0.717, 1.165) is 30.0 Å². The van der Waals surface area contributed by atoms with Crippen molar-refractivity contribution in [3.63, 3.8) is 0 Å². The summed E-state index contributed by atoms with van der Waals surface area (Å²) in [6, 6.07) is 3.51. The zero-order valence-corrected chi connectivity index (χ0v) is 15.4. The third kappa shape index (κ3) is 3.88. The number of methoxy groups -OCH3 is 1. The number of fused-ring (bicyclic) bond motifs is 1. The van der Waals surface area contributed by atoms with Gasteiger partial charge in [0.2, 0.25) is 5.88 Å². The zero-order valence-electron chi connectivity index (χ0n) is 14.7. The number of rotatable bonds is 4.